The molecule has 1 aromatic carbocycles. The van der Waals surface area contributed by atoms with Crippen LogP contribution in [-0.2, 0) is 6.61 Å². The highest BCUT2D eigenvalue weighted by Gasteiger charge is 2.16. The number of hydrogen-bond acceptors (Lipinski definition) is 6. The minimum atomic E-state index is -0.243. The van der Waals surface area contributed by atoms with Crippen LogP contribution in [0.4, 0.5) is 0 Å². The topological polar surface area (TPSA) is 90.1 Å². The standard InChI is InChI=1S/C19H20N4O3/c1-3-11-20-19(24)16-9-10-17(22-21-16)25-12-15-13(2)26-23-18(15)14-7-5-4-6-8-14/h4-10H,3,11-12H2,1-2H3,(H,20,24). The molecule has 0 fully saturated rings. The van der Waals surface area contributed by atoms with E-state index < -0.39 is 0 Å². The van der Waals surface area contributed by atoms with Gasteiger partial charge in [0.1, 0.15) is 18.1 Å². The second-order valence-electron chi connectivity index (χ2n) is 5.73. The van der Waals surface area contributed by atoms with E-state index in [1.54, 1.807) is 12.1 Å². The molecule has 0 aliphatic carbocycles. The van der Waals surface area contributed by atoms with Crippen LogP contribution >= 0.6 is 0 Å². The van der Waals surface area contributed by atoms with Gasteiger partial charge in [-0.25, -0.2) is 0 Å². The molecule has 3 aromatic rings. The van der Waals surface area contributed by atoms with Crippen molar-refractivity contribution in [2.45, 2.75) is 26.9 Å². The Kier molecular flexibility index (Phi) is 5.58. The van der Waals surface area contributed by atoms with Gasteiger partial charge in [-0.3, -0.25) is 4.79 Å². The maximum atomic E-state index is 11.8. The highest BCUT2D eigenvalue weighted by Crippen LogP contribution is 2.26. The molecule has 0 bridgehead atoms. The Bertz CT molecular complexity index is 860. The zero-order chi connectivity index (χ0) is 18.4. The van der Waals surface area contributed by atoms with E-state index in [4.69, 9.17) is 9.26 Å². The fraction of sp³-hybridized carbons (Fsp3) is 0.263. The number of benzene rings is 1. The number of nitrogens with one attached hydrogen (secondary N) is 1. The van der Waals surface area contributed by atoms with Crippen LogP contribution in [0, 0.1) is 6.92 Å². The summed E-state index contributed by atoms with van der Waals surface area (Å²) in [7, 11) is 0. The largest absolute Gasteiger partial charge is 0.472 e. The number of amides is 1. The van der Waals surface area contributed by atoms with Gasteiger partial charge in [0.2, 0.25) is 5.88 Å². The molecule has 0 radical (unpaired) electrons. The zero-order valence-electron chi connectivity index (χ0n) is 14.7. The maximum absolute atomic E-state index is 11.8. The highest BCUT2D eigenvalue weighted by atomic mass is 16.5. The number of hydrogen-bond donors (Lipinski definition) is 1. The third-order valence-corrected chi connectivity index (χ3v) is 3.80. The Morgan fingerprint density at radius 1 is 1.15 bits per heavy atom. The van der Waals surface area contributed by atoms with Crippen LogP contribution in [0.1, 0.15) is 35.2 Å². The van der Waals surface area contributed by atoms with Crippen LogP contribution in [0.3, 0.4) is 0 Å². The first-order valence-electron chi connectivity index (χ1n) is 8.44. The number of ether oxygens (including phenoxy) is 1. The van der Waals surface area contributed by atoms with Gasteiger partial charge in [-0.1, -0.05) is 42.4 Å². The van der Waals surface area contributed by atoms with E-state index in [0.717, 1.165) is 23.2 Å². The van der Waals surface area contributed by atoms with Crippen molar-refractivity contribution in [2.75, 3.05) is 6.54 Å². The van der Waals surface area contributed by atoms with E-state index in [1.807, 2.05) is 44.2 Å². The van der Waals surface area contributed by atoms with Crippen molar-refractivity contribution in [3.8, 4) is 17.1 Å². The van der Waals surface area contributed by atoms with Gasteiger partial charge in [-0.05, 0) is 19.4 Å². The molecule has 134 valence electrons. The average molecular weight is 352 g/mol. The smallest absolute Gasteiger partial charge is 0.271 e. The summed E-state index contributed by atoms with van der Waals surface area (Å²) in [5.41, 5.74) is 2.81. The Morgan fingerprint density at radius 3 is 2.65 bits per heavy atom. The summed E-state index contributed by atoms with van der Waals surface area (Å²) >= 11 is 0. The summed E-state index contributed by atoms with van der Waals surface area (Å²) in [4.78, 5) is 11.8. The average Bonchev–Trinajstić information content (AvgIpc) is 3.06. The predicted octanol–water partition coefficient (Wildman–Crippen LogP) is 3.16. The van der Waals surface area contributed by atoms with Crippen LogP contribution in [-0.4, -0.2) is 27.8 Å². The van der Waals surface area contributed by atoms with Crippen LogP contribution < -0.4 is 10.1 Å². The maximum Gasteiger partial charge on any atom is 0.271 e. The second-order valence-corrected chi connectivity index (χ2v) is 5.73. The molecule has 0 unspecified atom stereocenters. The van der Waals surface area contributed by atoms with Crippen LogP contribution in [0.5, 0.6) is 5.88 Å². The van der Waals surface area contributed by atoms with Crippen LogP contribution in [0.25, 0.3) is 11.3 Å². The summed E-state index contributed by atoms with van der Waals surface area (Å²) in [6, 6.07) is 13.0. The molecule has 26 heavy (non-hydrogen) atoms. The normalized spacial score (nSPS) is 10.5. The van der Waals surface area contributed by atoms with Gasteiger partial charge in [0.25, 0.3) is 5.91 Å². The molecule has 7 heteroatoms. The SMILES string of the molecule is CCCNC(=O)c1ccc(OCc2c(-c3ccccc3)noc2C)nn1. The number of aryl methyl sites for hydroxylation is 1. The number of aromatic nitrogens is 3. The minimum absolute atomic E-state index is 0.243. The quantitative estimate of drug-likeness (QED) is 0.702. The first-order valence-corrected chi connectivity index (χ1v) is 8.44. The van der Waals surface area contributed by atoms with Gasteiger partial charge in [0.15, 0.2) is 5.69 Å². The summed E-state index contributed by atoms with van der Waals surface area (Å²) in [6.07, 6.45) is 0.863. The lowest BCUT2D eigenvalue weighted by Crippen LogP contribution is -2.25. The van der Waals surface area contributed by atoms with E-state index in [0.29, 0.717) is 18.2 Å². The first-order chi connectivity index (χ1) is 12.7. The lowest BCUT2D eigenvalue weighted by atomic mass is 10.1. The third-order valence-electron chi connectivity index (χ3n) is 3.80. The lowest BCUT2D eigenvalue weighted by molar-refractivity contribution is 0.0947. The Balaban J connectivity index is 1.68. The Labute approximate surface area is 151 Å². The molecular formula is C19H20N4O3. The molecule has 7 nitrogen and oxygen atoms in total. The van der Waals surface area contributed by atoms with Crippen molar-refractivity contribution in [3.63, 3.8) is 0 Å². The van der Waals surface area contributed by atoms with Gasteiger partial charge in [-0.2, -0.15) is 0 Å². The van der Waals surface area contributed by atoms with E-state index >= 15 is 0 Å². The van der Waals surface area contributed by atoms with Crippen LogP contribution in [0.2, 0.25) is 0 Å². The van der Waals surface area contributed by atoms with Crippen molar-refractivity contribution in [2.24, 2.45) is 0 Å². The highest BCUT2D eigenvalue weighted by molar-refractivity contribution is 5.92. The van der Waals surface area contributed by atoms with Gasteiger partial charge in [0.05, 0.1) is 5.56 Å². The lowest BCUT2D eigenvalue weighted by Gasteiger charge is -2.06. The second kappa shape index (κ2) is 8.24. The summed E-state index contributed by atoms with van der Waals surface area (Å²) < 4.78 is 11.0. The van der Waals surface area contributed by atoms with Gasteiger partial charge < -0.3 is 14.6 Å². The molecule has 1 N–H and O–H groups in total. The molecule has 3 rings (SSSR count). The molecule has 0 spiro atoms. The Hall–Kier alpha value is -3.22. The first kappa shape index (κ1) is 17.6. The van der Waals surface area contributed by atoms with E-state index in [9.17, 15) is 4.79 Å². The van der Waals surface area contributed by atoms with Gasteiger partial charge in [0, 0.05) is 18.2 Å². The van der Waals surface area contributed by atoms with Crippen molar-refractivity contribution in [1.82, 2.24) is 20.7 Å². The molecule has 0 saturated heterocycles. The fourth-order valence-electron chi connectivity index (χ4n) is 2.38. The van der Waals surface area contributed by atoms with Gasteiger partial charge >= 0.3 is 0 Å². The van der Waals surface area contributed by atoms with E-state index in [1.165, 1.54) is 0 Å². The monoisotopic (exact) mass is 352 g/mol. The molecular weight excluding hydrogens is 332 g/mol. The van der Waals surface area contributed by atoms with E-state index in [-0.39, 0.29) is 18.2 Å². The van der Waals surface area contributed by atoms with Crippen LogP contribution in [0.15, 0.2) is 47.0 Å². The number of nitrogens with zero attached hydrogens (tertiary/aromatic N) is 3. The molecule has 2 heterocycles. The molecule has 0 aliphatic rings. The third kappa shape index (κ3) is 4.05. The molecule has 0 aliphatic heterocycles. The fourth-order valence-corrected chi connectivity index (χ4v) is 2.38. The van der Waals surface area contributed by atoms with Gasteiger partial charge in [-0.15, -0.1) is 10.2 Å². The minimum Gasteiger partial charge on any atom is -0.472 e. The van der Waals surface area contributed by atoms with Crippen molar-refractivity contribution < 1.29 is 14.1 Å². The molecule has 0 saturated carbocycles. The van der Waals surface area contributed by atoms with E-state index in [2.05, 4.69) is 20.7 Å². The summed E-state index contributed by atoms with van der Waals surface area (Å²) in [5, 5.41) is 14.7. The number of rotatable bonds is 7. The molecule has 2 aromatic heterocycles. The molecule has 0 atom stereocenters. The summed E-state index contributed by atoms with van der Waals surface area (Å²) in [6.45, 7) is 4.67. The predicted molar refractivity (Wildman–Crippen MR) is 95.7 cm³/mol. The zero-order valence-corrected chi connectivity index (χ0v) is 14.7. The number of carbonyl (C=O) groups excluding carboxylic acids is 1. The van der Waals surface area contributed by atoms with Crippen molar-refractivity contribution in [1.29, 1.82) is 0 Å². The van der Waals surface area contributed by atoms with Crippen molar-refractivity contribution >= 4 is 5.91 Å². The number of carbonyl (C=O) groups is 1. The summed E-state index contributed by atoms with van der Waals surface area (Å²) in [5.74, 6) is 0.774. The van der Waals surface area contributed by atoms with Crippen molar-refractivity contribution in [3.05, 3.63) is 59.5 Å². The Morgan fingerprint density at radius 2 is 1.96 bits per heavy atom. The molecule has 1 amide bonds.